The van der Waals surface area contributed by atoms with Crippen molar-refractivity contribution in [1.82, 2.24) is 19.7 Å². The molecule has 5 heteroatoms. The molecule has 2 aromatic carbocycles. The number of benzene rings is 2. The molecule has 4 aromatic rings. The normalized spacial score (nSPS) is 13.9. The molecule has 0 saturated heterocycles. The van der Waals surface area contributed by atoms with Crippen LogP contribution in [0.1, 0.15) is 44.6 Å². The number of nitrogens with one attached hydrogen (secondary N) is 2. The Labute approximate surface area is 177 Å². The molecule has 154 valence electrons. The number of hydrogen-bond acceptors (Lipinski definition) is 4. The van der Waals surface area contributed by atoms with Crippen LogP contribution in [0.25, 0.3) is 27.9 Å². The summed E-state index contributed by atoms with van der Waals surface area (Å²) in [7, 11) is 0. The zero-order valence-corrected chi connectivity index (χ0v) is 17.6. The van der Waals surface area contributed by atoms with Gasteiger partial charge in [-0.1, -0.05) is 56.2 Å². The molecule has 0 aliphatic heterocycles. The maximum absolute atomic E-state index is 4.87. The molecule has 0 unspecified atom stereocenters. The monoisotopic (exact) mass is 399 g/mol. The van der Waals surface area contributed by atoms with Crippen molar-refractivity contribution in [2.45, 2.75) is 51.6 Å². The van der Waals surface area contributed by atoms with Crippen LogP contribution in [0, 0.1) is 0 Å². The highest BCUT2D eigenvalue weighted by Crippen LogP contribution is 2.29. The molecule has 0 radical (unpaired) electrons. The summed E-state index contributed by atoms with van der Waals surface area (Å²) >= 11 is 0. The number of para-hydroxylation sites is 2. The van der Waals surface area contributed by atoms with Crippen LogP contribution in [0.4, 0.5) is 5.82 Å². The number of imidazole rings is 1. The largest absolute Gasteiger partial charge is 0.367 e. The average Bonchev–Trinajstić information content (AvgIpc) is 3.51. The Morgan fingerprint density at radius 3 is 2.67 bits per heavy atom. The predicted molar refractivity (Wildman–Crippen MR) is 124 cm³/mol. The van der Waals surface area contributed by atoms with Crippen LogP contribution in [0.15, 0.2) is 54.7 Å². The van der Waals surface area contributed by atoms with Gasteiger partial charge in [-0.05, 0) is 37.0 Å². The van der Waals surface area contributed by atoms with Crippen LogP contribution in [-0.4, -0.2) is 27.0 Å². The number of aromatic nitrogens is 3. The summed E-state index contributed by atoms with van der Waals surface area (Å²) in [4.78, 5) is 9.63. The van der Waals surface area contributed by atoms with Crippen LogP contribution in [-0.2, 0) is 6.54 Å². The number of unbranched alkanes of at least 4 members (excludes halogenated alkanes) is 2. The Morgan fingerprint density at radius 1 is 1.03 bits per heavy atom. The lowest BCUT2D eigenvalue weighted by atomic mass is 10.1. The minimum absolute atomic E-state index is 0.727. The van der Waals surface area contributed by atoms with Gasteiger partial charge in [0.05, 0.1) is 22.9 Å². The molecular weight excluding hydrogens is 370 g/mol. The van der Waals surface area contributed by atoms with E-state index in [9.17, 15) is 0 Å². The van der Waals surface area contributed by atoms with Gasteiger partial charge in [0.2, 0.25) is 0 Å². The summed E-state index contributed by atoms with van der Waals surface area (Å²) < 4.78 is 2.24. The molecule has 0 atom stereocenters. The van der Waals surface area contributed by atoms with Gasteiger partial charge in [0, 0.05) is 24.7 Å². The second-order valence-electron chi connectivity index (χ2n) is 8.24. The lowest BCUT2D eigenvalue weighted by Crippen LogP contribution is -2.15. The summed E-state index contributed by atoms with van der Waals surface area (Å²) in [6.45, 7) is 4.08. The zero-order valence-electron chi connectivity index (χ0n) is 17.6. The molecule has 30 heavy (non-hydrogen) atoms. The molecule has 0 bridgehead atoms. The first-order chi connectivity index (χ1) is 14.8. The summed E-state index contributed by atoms with van der Waals surface area (Å²) in [6, 6.07) is 17.9. The maximum Gasteiger partial charge on any atom is 0.181 e. The maximum atomic E-state index is 4.87. The smallest absolute Gasteiger partial charge is 0.181 e. The molecule has 0 spiro atoms. The van der Waals surface area contributed by atoms with E-state index in [2.05, 4.69) is 64.4 Å². The standard InChI is InChI=1S/C25H29N5/c1-2-3-6-15-26-24-25-28-17-23(30(25)22-8-5-4-7-21(22)29-24)19-11-9-18(10-12-19)16-27-20-13-14-20/h4-5,7-12,17,20,27H,2-3,6,13-16H2,1H3,(H,26,29). The molecule has 1 aliphatic carbocycles. The summed E-state index contributed by atoms with van der Waals surface area (Å²) in [5, 5.41) is 7.10. The highest BCUT2D eigenvalue weighted by molar-refractivity contribution is 5.86. The SMILES string of the molecule is CCCCCNc1nc2ccccc2n2c(-c3ccc(CNC4CC4)cc3)cnc12. The van der Waals surface area contributed by atoms with Crippen LogP contribution in [0.5, 0.6) is 0 Å². The van der Waals surface area contributed by atoms with Crippen molar-refractivity contribution in [1.29, 1.82) is 0 Å². The van der Waals surface area contributed by atoms with Gasteiger partial charge in [-0.3, -0.25) is 4.40 Å². The first-order valence-electron chi connectivity index (χ1n) is 11.2. The van der Waals surface area contributed by atoms with Gasteiger partial charge in [-0.25, -0.2) is 9.97 Å². The second-order valence-corrected chi connectivity index (χ2v) is 8.24. The molecule has 2 aromatic heterocycles. The molecule has 0 amide bonds. The molecule has 5 nitrogen and oxygen atoms in total. The Bertz CT molecular complexity index is 1140. The van der Waals surface area contributed by atoms with Crippen molar-refractivity contribution < 1.29 is 0 Å². The van der Waals surface area contributed by atoms with Gasteiger partial charge in [0.25, 0.3) is 0 Å². The first-order valence-corrected chi connectivity index (χ1v) is 11.2. The van der Waals surface area contributed by atoms with Crippen molar-refractivity contribution in [3.05, 3.63) is 60.3 Å². The minimum atomic E-state index is 0.727. The minimum Gasteiger partial charge on any atom is -0.367 e. The molecule has 5 rings (SSSR count). The van der Waals surface area contributed by atoms with E-state index in [1.54, 1.807) is 0 Å². The van der Waals surface area contributed by atoms with Crippen LogP contribution >= 0.6 is 0 Å². The van der Waals surface area contributed by atoms with Gasteiger partial charge in [0.1, 0.15) is 0 Å². The van der Waals surface area contributed by atoms with Crippen molar-refractivity contribution in [3.8, 4) is 11.3 Å². The third kappa shape index (κ3) is 3.90. The zero-order chi connectivity index (χ0) is 20.3. The third-order valence-electron chi connectivity index (χ3n) is 5.82. The Hall–Kier alpha value is -2.92. The van der Waals surface area contributed by atoms with E-state index in [0.717, 1.165) is 53.7 Å². The van der Waals surface area contributed by atoms with Gasteiger partial charge >= 0.3 is 0 Å². The van der Waals surface area contributed by atoms with Crippen LogP contribution in [0.3, 0.4) is 0 Å². The fourth-order valence-corrected chi connectivity index (χ4v) is 3.93. The van der Waals surface area contributed by atoms with Gasteiger partial charge in [-0.15, -0.1) is 0 Å². The van der Waals surface area contributed by atoms with Crippen molar-refractivity contribution >= 4 is 22.5 Å². The third-order valence-corrected chi connectivity index (χ3v) is 5.82. The number of rotatable bonds is 9. The number of fused-ring (bicyclic) bond motifs is 3. The highest BCUT2D eigenvalue weighted by Gasteiger charge is 2.20. The van der Waals surface area contributed by atoms with E-state index in [1.165, 1.54) is 36.8 Å². The predicted octanol–water partition coefficient (Wildman–Crippen LogP) is 5.40. The van der Waals surface area contributed by atoms with Crippen LogP contribution in [0.2, 0.25) is 0 Å². The fourth-order valence-electron chi connectivity index (χ4n) is 3.93. The quantitative estimate of drug-likeness (QED) is 0.370. The van der Waals surface area contributed by atoms with E-state index < -0.39 is 0 Å². The van der Waals surface area contributed by atoms with Crippen molar-refractivity contribution in [3.63, 3.8) is 0 Å². The van der Waals surface area contributed by atoms with Crippen molar-refractivity contribution in [2.75, 3.05) is 11.9 Å². The van der Waals surface area contributed by atoms with Crippen molar-refractivity contribution in [2.24, 2.45) is 0 Å². The van der Waals surface area contributed by atoms with Gasteiger partial charge in [-0.2, -0.15) is 0 Å². The van der Waals surface area contributed by atoms with E-state index >= 15 is 0 Å². The summed E-state index contributed by atoms with van der Waals surface area (Å²) in [5.74, 6) is 0.862. The average molecular weight is 400 g/mol. The topological polar surface area (TPSA) is 54.2 Å². The summed E-state index contributed by atoms with van der Waals surface area (Å²) in [6.07, 6.45) is 8.17. The Kier molecular flexibility index (Phi) is 5.37. The number of anilines is 1. The molecule has 1 aliphatic rings. The highest BCUT2D eigenvalue weighted by atomic mass is 15.1. The molecule has 1 saturated carbocycles. The summed E-state index contributed by atoms with van der Waals surface area (Å²) in [5.41, 5.74) is 6.54. The molecular formula is C25H29N5. The number of nitrogens with zero attached hydrogens (tertiary/aromatic N) is 3. The molecule has 1 fully saturated rings. The van der Waals surface area contributed by atoms with Crippen LogP contribution < -0.4 is 10.6 Å². The van der Waals surface area contributed by atoms with E-state index in [1.807, 2.05) is 12.3 Å². The van der Waals surface area contributed by atoms with Gasteiger partial charge < -0.3 is 10.6 Å². The second kappa shape index (κ2) is 8.44. The molecule has 2 heterocycles. The van der Waals surface area contributed by atoms with E-state index in [4.69, 9.17) is 9.97 Å². The van der Waals surface area contributed by atoms with E-state index in [-0.39, 0.29) is 0 Å². The van der Waals surface area contributed by atoms with Gasteiger partial charge in [0.15, 0.2) is 11.5 Å². The molecule has 2 N–H and O–H groups in total. The Morgan fingerprint density at radius 2 is 1.87 bits per heavy atom. The lowest BCUT2D eigenvalue weighted by Gasteiger charge is -2.12. The Balaban J connectivity index is 1.51. The first kappa shape index (κ1) is 19.1. The lowest BCUT2D eigenvalue weighted by molar-refractivity contribution is 0.688. The van der Waals surface area contributed by atoms with E-state index in [0.29, 0.717) is 0 Å². The number of hydrogen-bond donors (Lipinski definition) is 2. The fraction of sp³-hybridized carbons (Fsp3) is 0.360.